The van der Waals surface area contributed by atoms with Gasteiger partial charge in [0.15, 0.2) is 0 Å². The number of rotatable bonds is 9. The third-order valence-corrected chi connectivity index (χ3v) is 3.17. The first-order chi connectivity index (χ1) is 10.8. The fourth-order valence-electron chi connectivity index (χ4n) is 2.09. The maximum atomic E-state index is 5.66. The molecule has 0 amide bonds. The maximum Gasteiger partial charge on any atom is 0.121 e. The lowest BCUT2D eigenvalue weighted by Gasteiger charge is -2.11. The molecule has 0 aliphatic carbocycles. The van der Waals surface area contributed by atoms with Gasteiger partial charge in [-0.05, 0) is 42.7 Å². The lowest BCUT2D eigenvalue weighted by molar-refractivity contribution is 0.317. The van der Waals surface area contributed by atoms with E-state index >= 15 is 0 Å². The average Bonchev–Trinajstić information content (AvgIpc) is 2.57. The minimum absolute atomic E-state index is 0.750. The van der Waals surface area contributed by atoms with E-state index in [-0.39, 0.29) is 0 Å². The molecule has 0 heterocycles. The van der Waals surface area contributed by atoms with Crippen molar-refractivity contribution >= 4 is 5.69 Å². The van der Waals surface area contributed by atoms with E-state index in [2.05, 4.69) is 37.4 Å². The van der Waals surface area contributed by atoms with Gasteiger partial charge in [0.1, 0.15) is 11.5 Å². The highest BCUT2D eigenvalue weighted by Crippen LogP contribution is 2.19. The Hall–Kier alpha value is -2.16. The Kier molecular flexibility index (Phi) is 6.62. The van der Waals surface area contributed by atoms with Gasteiger partial charge in [-0.1, -0.05) is 32.0 Å². The number of anilines is 1. The summed E-state index contributed by atoms with van der Waals surface area (Å²) in [6.45, 7) is 6.49. The predicted octanol–water partition coefficient (Wildman–Crippen LogP) is 4.88. The molecular formula is C19H25NO2. The van der Waals surface area contributed by atoms with Gasteiger partial charge in [0.2, 0.25) is 0 Å². The molecule has 3 nitrogen and oxygen atoms in total. The molecule has 0 saturated carbocycles. The normalized spacial score (nSPS) is 10.3. The molecule has 2 rings (SSSR count). The molecule has 118 valence electrons. The molecule has 0 atom stereocenters. The fourth-order valence-corrected chi connectivity index (χ4v) is 2.09. The zero-order valence-electron chi connectivity index (χ0n) is 13.5. The second-order valence-electron chi connectivity index (χ2n) is 5.23. The zero-order valence-corrected chi connectivity index (χ0v) is 13.5. The van der Waals surface area contributed by atoms with E-state index in [9.17, 15) is 0 Å². The van der Waals surface area contributed by atoms with Crippen LogP contribution in [0.3, 0.4) is 0 Å². The SMILES string of the molecule is CCCOc1cccc(CNc2cccc(OCCC)c2)c1. The quantitative estimate of drug-likeness (QED) is 0.716. The van der Waals surface area contributed by atoms with Gasteiger partial charge < -0.3 is 14.8 Å². The Labute approximate surface area is 133 Å². The van der Waals surface area contributed by atoms with Crippen LogP contribution in [0.5, 0.6) is 11.5 Å². The molecule has 0 radical (unpaired) electrons. The van der Waals surface area contributed by atoms with Crippen LogP contribution in [0.2, 0.25) is 0 Å². The van der Waals surface area contributed by atoms with E-state index in [1.807, 2.05) is 30.3 Å². The summed E-state index contributed by atoms with van der Waals surface area (Å²) in [5.74, 6) is 1.84. The zero-order chi connectivity index (χ0) is 15.6. The summed E-state index contributed by atoms with van der Waals surface area (Å²) in [7, 11) is 0. The molecule has 2 aromatic carbocycles. The van der Waals surface area contributed by atoms with Crippen LogP contribution >= 0.6 is 0 Å². The molecule has 1 N–H and O–H groups in total. The monoisotopic (exact) mass is 299 g/mol. The van der Waals surface area contributed by atoms with Crippen molar-refractivity contribution in [1.82, 2.24) is 0 Å². The largest absolute Gasteiger partial charge is 0.494 e. The van der Waals surface area contributed by atoms with Gasteiger partial charge in [-0.25, -0.2) is 0 Å². The molecule has 0 unspecified atom stereocenters. The third-order valence-electron chi connectivity index (χ3n) is 3.17. The summed E-state index contributed by atoms with van der Waals surface area (Å²) in [5, 5.41) is 3.43. The van der Waals surface area contributed by atoms with Crippen molar-refractivity contribution in [3.63, 3.8) is 0 Å². The predicted molar refractivity (Wildman–Crippen MR) is 91.8 cm³/mol. The highest BCUT2D eigenvalue weighted by Gasteiger charge is 1.99. The van der Waals surface area contributed by atoms with Crippen LogP contribution in [0.1, 0.15) is 32.3 Å². The first kappa shape index (κ1) is 16.2. The van der Waals surface area contributed by atoms with Crippen molar-refractivity contribution in [3.8, 4) is 11.5 Å². The molecule has 0 fully saturated rings. The lowest BCUT2D eigenvalue weighted by Crippen LogP contribution is -2.01. The summed E-state index contributed by atoms with van der Waals surface area (Å²) >= 11 is 0. The first-order valence-electron chi connectivity index (χ1n) is 8.00. The van der Waals surface area contributed by atoms with Crippen LogP contribution in [-0.2, 0) is 6.54 Å². The van der Waals surface area contributed by atoms with Gasteiger partial charge in [0.25, 0.3) is 0 Å². The summed E-state index contributed by atoms with van der Waals surface area (Å²) in [5.41, 5.74) is 2.27. The van der Waals surface area contributed by atoms with E-state index < -0.39 is 0 Å². The van der Waals surface area contributed by atoms with Gasteiger partial charge in [-0.15, -0.1) is 0 Å². The summed E-state index contributed by atoms with van der Waals surface area (Å²) < 4.78 is 11.3. The van der Waals surface area contributed by atoms with E-state index in [4.69, 9.17) is 9.47 Å². The van der Waals surface area contributed by atoms with Gasteiger partial charge in [-0.2, -0.15) is 0 Å². The van der Waals surface area contributed by atoms with Crippen LogP contribution in [0.4, 0.5) is 5.69 Å². The number of benzene rings is 2. The molecule has 0 saturated heterocycles. The van der Waals surface area contributed by atoms with E-state index in [0.717, 1.165) is 49.8 Å². The van der Waals surface area contributed by atoms with Crippen LogP contribution < -0.4 is 14.8 Å². The van der Waals surface area contributed by atoms with Crippen LogP contribution in [0, 0.1) is 0 Å². The van der Waals surface area contributed by atoms with Crippen LogP contribution in [0.15, 0.2) is 48.5 Å². The highest BCUT2D eigenvalue weighted by molar-refractivity contribution is 5.48. The van der Waals surface area contributed by atoms with E-state index in [1.54, 1.807) is 0 Å². The summed E-state index contributed by atoms with van der Waals surface area (Å²) in [6.07, 6.45) is 2.04. The Morgan fingerprint density at radius 3 is 2.14 bits per heavy atom. The van der Waals surface area contributed by atoms with Crippen molar-refractivity contribution in [2.24, 2.45) is 0 Å². The van der Waals surface area contributed by atoms with Gasteiger partial charge in [-0.3, -0.25) is 0 Å². The van der Waals surface area contributed by atoms with Crippen molar-refractivity contribution in [3.05, 3.63) is 54.1 Å². The van der Waals surface area contributed by atoms with Gasteiger partial charge in [0.05, 0.1) is 13.2 Å². The molecule has 0 spiro atoms. The third kappa shape index (κ3) is 5.32. The highest BCUT2D eigenvalue weighted by atomic mass is 16.5. The maximum absolute atomic E-state index is 5.66. The number of hydrogen-bond acceptors (Lipinski definition) is 3. The Morgan fingerprint density at radius 1 is 0.818 bits per heavy atom. The van der Waals surface area contributed by atoms with Gasteiger partial charge >= 0.3 is 0 Å². The van der Waals surface area contributed by atoms with Crippen molar-refractivity contribution in [2.45, 2.75) is 33.2 Å². The standard InChI is InChI=1S/C19H25NO2/c1-3-11-21-18-9-5-7-16(13-18)15-20-17-8-6-10-19(14-17)22-12-4-2/h5-10,13-14,20H,3-4,11-12,15H2,1-2H3. The smallest absolute Gasteiger partial charge is 0.121 e. The van der Waals surface area contributed by atoms with E-state index in [0.29, 0.717) is 0 Å². The minimum atomic E-state index is 0.750. The molecule has 2 aromatic rings. The minimum Gasteiger partial charge on any atom is -0.494 e. The summed E-state index contributed by atoms with van der Waals surface area (Å²) in [4.78, 5) is 0. The number of nitrogens with one attached hydrogen (secondary N) is 1. The lowest BCUT2D eigenvalue weighted by atomic mass is 10.2. The Bertz CT molecular complexity index is 517. The fraction of sp³-hybridized carbons (Fsp3) is 0.368. The van der Waals surface area contributed by atoms with Gasteiger partial charge in [0, 0.05) is 18.3 Å². The van der Waals surface area contributed by atoms with Crippen LogP contribution in [-0.4, -0.2) is 13.2 Å². The molecule has 0 aliphatic heterocycles. The Morgan fingerprint density at radius 2 is 1.45 bits per heavy atom. The molecule has 0 aliphatic rings. The first-order valence-corrected chi connectivity index (χ1v) is 8.00. The molecule has 22 heavy (non-hydrogen) atoms. The molecule has 0 aromatic heterocycles. The van der Waals surface area contributed by atoms with Crippen LogP contribution in [0.25, 0.3) is 0 Å². The number of ether oxygens (including phenoxy) is 2. The van der Waals surface area contributed by atoms with Crippen molar-refractivity contribution < 1.29 is 9.47 Å². The van der Waals surface area contributed by atoms with Crippen molar-refractivity contribution in [1.29, 1.82) is 0 Å². The second-order valence-corrected chi connectivity index (χ2v) is 5.23. The topological polar surface area (TPSA) is 30.5 Å². The second kappa shape index (κ2) is 8.98. The number of hydrogen-bond donors (Lipinski definition) is 1. The molecule has 0 bridgehead atoms. The van der Waals surface area contributed by atoms with Crippen molar-refractivity contribution in [2.75, 3.05) is 18.5 Å². The Balaban J connectivity index is 1.92. The molecular weight excluding hydrogens is 274 g/mol. The van der Waals surface area contributed by atoms with E-state index in [1.165, 1.54) is 5.56 Å². The average molecular weight is 299 g/mol. The summed E-state index contributed by atoms with van der Waals surface area (Å²) in [6, 6.07) is 16.3. The molecule has 3 heteroatoms.